The summed E-state index contributed by atoms with van der Waals surface area (Å²) in [5.74, 6) is -0.283. The van der Waals surface area contributed by atoms with Crippen molar-refractivity contribution in [3.8, 4) is 0 Å². The number of quaternary nitrogens is 1. The van der Waals surface area contributed by atoms with Gasteiger partial charge >= 0.3 is 5.97 Å². The van der Waals surface area contributed by atoms with E-state index in [1.807, 2.05) is 0 Å². The van der Waals surface area contributed by atoms with E-state index in [4.69, 9.17) is 4.74 Å². The van der Waals surface area contributed by atoms with Crippen LogP contribution in [0.2, 0.25) is 0 Å². The van der Waals surface area contributed by atoms with Gasteiger partial charge in [0, 0.05) is 5.57 Å². The maximum atomic E-state index is 11.4. The topological polar surface area (TPSA) is 26.3 Å². The van der Waals surface area contributed by atoms with Gasteiger partial charge in [0.05, 0.1) is 20.6 Å². The van der Waals surface area contributed by atoms with Crippen molar-refractivity contribution in [3.05, 3.63) is 12.2 Å². The van der Waals surface area contributed by atoms with Gasteiger partial charge in [-0.2, -0.15) is 0 Å². The smallest absolute Gasteiger partial charge is 0.337 e. The summed E-state index contributed by atoms with van der Waals surface area (Å²) in [7, 11) is 4.22. The minimum Gasteiger partial charge on any atom is -1.00 e. The molecule has 0 bridgehead atoms. The van der Waals surface area contributed by atoms with Gasteiger partial charge < -0.3 is 17.1 Å². The number of esters is 1. The predicted molar refractivity (Wildman–Crippen MR) is 94.6 cm³/mol. The third kappa shape index (κ3) is 16.1. The standard InChI is InChI=1S/C19H38NO2.ClH/c1-6-7-8-9-10-11-12-13-14-15-16-20(4,5)17-22-19(21)18(2)3;/h2,6-17H2,1,3-5H3;1H/q+1;/p-1. The molecular formula is C19H38ClNO2. The van der Waals surface area contributed by atoms with E-state index in [9.17, 15) is 4.79 Å². The molecular weight excluding hydrogens is 310 g/mol. The Labute approximate surface area is 150 Å². The first-order valence-corrected chi connectivity index (χ1v) is 9.03. The van der Waals surface area contributed by atoms with E-state index in [1.165, 1.54) is 64.2 Å². The second kappa shape index (κ2) is 15.0. The van der Waals surface area contributed by atoms with Crippen molar-refractivity contribution in [2.45, 2.75) is 78.1 Å². The van der Waals surface area contributed by atoms with Gasteiger partial charge in [-0.3, -0.25) is 4.48 Å². The molecule has 0 aliphatic heterocycles. The van der Waals surface area contributed by atoms with Gasteiger partial charge in [0.2, 0.25) is 6.73 Å². The fourth-order valence-corrected chi connectivity index (χ4v) is 2.45. The van der Waals surface area contributed by atoms with Crippen LogP contribution in [0.5, 0.6) is 0 Å². The molecule has 0 atom stereocenters. The summed E-state index contributed by atoms with van der Waals surface area (Å²) in [4.78, 5) is 11.4. The molecule has 0 amide bonds. The number of carbonyl (C=O) groups is 1. The first-order valence-electron chi connectivity index (χ1n) is 9.03. The van der Waals surface area contributed by atoms with E-state index in [1.54, 1.807) is 6.92 Å². The van der Waals surface area contributed by atoms with Crippen molar-refractivity contribution in [3.63, 3.8) is 0 Å². The van der Waals surface area contributed by atoms with E-state index < -0.39 is 0 Å². The Bertz CT molecular complexity index is 316. The lowest BCUT2D eigenvalue weighted by Gasteiger charge is -2.28. The molecule has 0 aromatic rings. The van der Waals surface area contributed by atoms with E-state index in [-0.39, 0.29) is 18.4 Å². The quantitative estimate of drug-likeness (QED) is 0.158. The predicted octanol–water partition coefficient (Wildman–Crippen LogP) is 2.06. The maximum Gasteiger partial charge on any atom is 0.337 e. The number of unbranched alkanes of at least 4 members (excludes halogenated alkanes) is 9. The molecule has 4 heteroatoms. The summed E-state index contributed by atoms with van der Waals surface area (Å²) in [6, 6.07) is 0. The number of hydrogen-bond acceptors (Lipinski definition) is 2. The molecule has 0 N–H and O–H groups in total. The maximum absolute atomic E-state index is 11.4. The van der Waals surface area contributed by atoms with Crippen LogP contribution in [0.25, 0.3) is 0 Å². The fourth-order valence-electron chi connectivity index (χ4n) is 2.45. The van der Waals surface area contributed by atoms with Crippen molar-refractivity contribution in [1.82, 2.24) is 0 Å². The van der Waals surface area contributed by atoms with Crippen LogP contribution in [0.4, 0.5) is 0 Å². The van der Waals surface area contributed by atoms with Crippen molar-refractivity contribution in [2.24, 2.45) is 0 Å². The van der Waals surface area contributed by atoms with Crippen LogP contribution in [0.3, 0.4) is 0 Å². The van der Waals surface area contributed by atoms with Crippen molar-refractivity contribution < 1.29 is 26.4 Å². The highest BCUT2D eigenvalue weighted by Crippen LogP contribution is 2.11. The number of rotatable bonds is 14. The van der Waals surface area contributed by atoms with Crippen LogP contribution in [0, 0.1) is 0 Å². The van der Waals surface area contributed by atoms with Gasteiger partial charge in [-0.25, -0.2) is 4.79 Å². The Morgan fingerprint density at radius 1 is 0.913 bits per heavy atom. The third-order valence-electron chi connectivity index (χ3n) is 4.01. The molecule has 3 nitrogen and oxygen atoms in total. The van der Waals surface area contributed by atoms with E-state index >= 15 is 0 Å². The highest BCUT2D eigenvalue weighted by Gasteiger charge is 2.17. The lowest BCUT2D eigenvalue weighted by atomic mass is 10.1. The Morgan fingerprint density at radius 3 is 1.78 bits per heavy atom. The Morgan fingerprint density at radius 2 is 1.35 bits per heavy atom. The molecule has 0 heterocycles. The molecule has 0 saturated carbocycles. The van der Waals surface area contributed by atoms with Crippen molar-refractivity contribution in [1.29, 1.82) is 0 Å². The second-order valence-corrected chi connectivity index (χ2v) is 7.18. The summed E-state index contributed by atoms with van der Waals surface area (Å²) in [6.07, 6.45) is 13.5. The molecule has 0 rings (SSSR count). The largest absolute Gasteiger partial charge is 1.00 e. The first kappa shape index (κ1) is 24.7. The lowest BCUT2D eigenvalue weighted by Crippen LogP contribution is -3.00. The molecule has 0 fully saturated rings. The number of hydrogen-bond donors (Lipinski definition) is 0. The molecule has 0 saturated heterocycles. The van der Waals surface area contributed by atoms with Gasteiger partial charge in [-0.15, -0.1) is 0 Å². The van der Waals surface area contributed by atoms with Gasteiger partial charge in [0.1, 0.15) is 0 Å². The Hall–Kier alpha value is -0.540. The SMILES string of the molecule is C=C(C)C(=O)OC[N+](C)(C)CCCCCCCCCCCC.[Cl-]. The number of ether oxygens (including phenoxy) is 1. The summed E-state index contributed by atoms with van der Waals surface area (Å²) >= 11 is 0. The summed E-state index contributed by atoms with van der Waals surface area (Å²) in [6.45, 7) is 9.04. The molecule has 0 aliphatic carbocycles. The van der Waals surface area contributed by atoms with Gasteiger partial charge in [0.15, 0.2) is 0 Å². The number of halogens is 1. The summed E-state index contributed by atoms with van der Waals surface area (Å²) in [5.41, 5.74) is 0.471. The Balaban J connectivity index is 0. The third-order valence-corrected chi connectivity index (χ3v) is 4.01. The second-order valence-electron chi connectivity index (χ2n) is 7.18. The minimum atomic E-state index is -0.283. The average molecular weight is 348 g/mol. The molecule has 23 heavy (non-hydrogen) atoms. The molecule has 0 aliphatic rings. The molecule has 0 radical (unpaired) electrons. The van der Waals surface area contributed by atoms with Crippen LogP contribution in [-0.2, 0) is 9.53 Å². The van der Waals surface area contributed by atoms with E-state index in [0.717, 1.165) is 11.0 Å². The highest BCUT2D eigenvalue weighted by atomic mass is 35.5. The van der Waals surface area contributed by atoms with Crippen LogP contribution >= 0.6 is 0 Å². The molecule has 0 aromatic carbocycles. The molecule has 138 valence electrons. The van der Waals surface area contributed by atoms with E-state index in [2.05, 4.69) is 27.6 Å². The van der Waals surface area contributed by atoms with Gasteiger partial charge in [0.25, 0.3) is 0 Å². The normalized spacial score (nSPS) is 11.0. The zero-order chi connectivity index (χ0) is 16.8. The highest BCUT2D eigenvalue weighted by molar-refractivity contribution is 5.86. The lowest BCUT2D eigenvalue weighted by molar-refractivity contribution is -0.907. The van der Waals surface area contributed by atoms with E-state index in [0.29, 0.717) is 12.3 Å². The monoisotopic (exact) mass is 347 g/mol. The fraction of sp³-hybridized carbons (Fsp3) is 0.842. The zero-order valence-electron chi connectivity index (χ0n) is 15.8. The van der Waals surface area contributed by atoms with Gasteiger partial charge in [-0.1, -0.05) is 64.9 Å². The minimum absolute atomic E-state index is 0. The van der Waals surface area contributed by atoms with Crippen LogP contribution < -0.4 is 12.4 Å². The number of carbonyl (C=O) groups excluding carboxylic acids is 1. The number of nitrogens with zero attached hydrogens (tertiary/aromatic N) is 1. The molecule has 0 spiro atoms. The Kier molecular flexibility index (Phi) is 16.1. The van der Waals surface area contributed by atoms with Crippen molar-refractivity contribution >= 4 is 5.97 Å². The molecule has 0 unspecified atom stereocenters. The average Bonchev–Trinajstić information content (AvgIpc) is 2.46. The van der Waals surface area contributed by atoms with Gasteiger partial charge in [-0.05, 0) is 19.8 Å². The van der Waals surface area contributed by atoms with Crippen LogP contribution in [-0.4, -0.2) is 37.8 Å². The van der Waals surface area contributed by atoms with Crippen molar-refractivity contribution in [2.75, 3.05) is 27.4 Å². The summed E-state index contributed by atoms with van der Waals surface area (Å²) < 4.78 is 5.98. The molecule has 0 aromatic heterocycles. The summed E-state index contributed by atoms with van der Waals surface area (Å²) in [5, 5.41) is 0. The van der Waals surface area contributed by atoms with Crippen LogP contribution in [0.1, 0.15) is 78.1 Å². The van der Waals surface area contributed by atoms with Crippen LogP contribution in [0.15, 0.2) is 12.2 Å². The first-order chi connectivity index (χ1) is 10.4. The zero-order valence-corrected chi connectivity index (χ0v) is 16.6.